The van der Waals surface area contributed by atoms with Crippen molar-refractivity contribution in [2.24, 2.45) is 0 Å². The third-order valence-electron chi connectivity index (χ3n) is 3.62. The van der Waals surface area contributed by atoms with E-state index in [0.29, 0.717) is 13.1 Å². The maximum Gasteiger partial charge on any atom is 0.270 e. The van der Waals surface area contributed by atoms with E-state index in [1.54, 1.807) is 0 Å². The molecule has 0 atom stereocenters. The van der Waals surface area contributed by atoms with E-state index in [-0.39, 0.29) is 17.0 Å². The molecular weight excluding hydrogens is 356 g/mol. The summed E-state index contributed by atoms with van der Waals surface area (Å²) in [6.07, 6.45) is 0. The fraction of sp³-hybridized carbons (Fsp3) is 0.176. The van der Waals surface area contributed by atoms with Gasteiger partial charge in [0.15, 0.2) is 5.13 Å². The third-order valence-corrected chi connectivity index (χ3v) is 4.61. The van der Waals surface area contributed by atoms with Gasteiger partial charge in [0.1, 0.15) is 5.75 Å². The lowest BCUT2D eigenvalue weighted by Crippen LogP contribution is -2.29. The minimum absolute atomic E-state index is 0.127. The number of nitro benzene ring substituents is 1. The first kappa shape index (κ1) is 17.6. The summed E-state index contributed by atoms with van der Waals surface area (Å²) in [6, 6.07) is 11.7. The third kappa shape index (κ3) is 3.89. The van der Waals surface area contributed by atoms with E-state index in [2.05, 4.69) is 15.6 Å². The fourth-order valence-corrected chi connectivity index (χ4v) is 3.27. The van der Waals surface area contributed by atoms with Crippen molar-refractivity contribution >= 4 is 38.3 Å². The van der Waals surface area contributed by atoms with E-state index >= 15 is 0 Å². The highest BCUT2D eigenvalue weighted by molar-refractivity contribution is 7.22. The lowest BCUT2D eigenvalue weighted by atomic mass is 10.1. The number of carbonyl (C=O) groups excluding carboxylic acids is 1. The van der Waals surface area contributed by atoms with Crippen molar-refractivity contribution in [3.05, 3.63) is 58.1 Å². The minimum atomic E-state index is -0.551. The van der Waals surface area contributed by atoms with Crippen molar-refractivity contribution < 1.29 is 14.5 Å². The summed E-state index contributed by atoms with van der Waals surface area (Å²) in [5.41, 5.74) is 0.885. The zero-order valence-electron chi connectivity index (χ0n) is 13.9. The number of carbonyl (C=O) groups is 1. The van der Waals surface area contributed by atoms with Crippen LogP contribution in [0.5, 0.6) is 5.75 Å². The van der Waals surface area contributed by atoms with E-state index in [4.69, 9.17) is 4.74 Å². The van der Waals surface area contributed by atoms with Crippen molar-refractivity contribution in [1.82, 2.24) is 10.3 Å². The number of methoxy groups -OCH3 is 1. The summed E-state index contributed by atoms with van der Waals surface area (Å²) in [5, 5.41) is 17.5. The molecule has 0 radical (unpaired) electrons. The maximum absolute atomic E-state index is 12.3. The number of hydrogen-bond acceptors (Lipinski definition) is 7. The first-order valence-corrected chi connectivity index (χ1v) is 8.60. The summed E-state index contributed by atoms with van der Waals surface area (Å²) in [4.78, 5) is 27.1. The molecule has 0 aliphatic heterocycles. The Morgan fingerprint density at radius 3 is 2.81 bits per heavy atom. The molecule has 0 fully saturated rings. The molecule has 8 nitrogen and oxygen atoms in total. The van der Waals surface area contributed by atoms with Gasteiger partial charge in [0.05, 0.1) is 27.8 Å². The number of benzene rings is 2. The number of ether oxygens (including phenoxy) is 1. The van der Waals surface area contributed by atoms with Gasteiger partial charge in [0.2, 0.25) is 0 Å². The van der Waals surface area contributed by atoms with Gasteiger partial charge in [0.25, 0.3) is 11.6 Å². The average Bonchev–Trinajstić information content (AvgIpc) is 3.07. The zero-order valence-corrected chi connectivity index (χ0v) is 14.7. The summed E-state index contributed by atoms with van der Waals surface area (Å²) < 4.78 is 6.19. The lowest BCUT2D eigenvalue weighted by Gasteiger charge is -2.09. The Kier molecular flexibility index (Phi) is 5.28. The molecule has 1 aromatic heterocycles. The topological polar surface area (TPSA) is 106 Å². The molecular formula is C17H16N4O4S. The number of nitrogens with zero attached hydrogens (tertiary/aromatic N) is 2. The monoisotopic (exact) mass is 372 g/mol. The molecule has 2 aromatic carbocycles. The normalized spacial score (nSPS) is 10.5. The van der Waals surface area contributed by atoms with E-state index in [9.17, 15) is 14.9 Å². The maximum atomic E-state index is 12.3. The van der Waals surface area contributed by atoms with Crippen LogP contribution in [0.15, 0.2) is 42.5 Å². The SMILES string of the molecule is COc1ccc([N+](=O)[O-])cc1C(=O)NCCNc1nc2ccccc2s1. The molecule has 0 aliphatic rings. The predicted molar refractivity (Wildman–Crippen MR) is 100 cm³/mol. The molecule has 0 spiro atoms. The molecule has 3 rings (SSSR count). The van der Waals surface area contributed by atoms with Gasteiger partial charge in [-0.2, -0.15) is 0 Å². The Labute approximate surface area is 153 Å². The molecule has 2 N–H and O–H groups in total. The Balaban J connectivity index is 1.58. The van der Waals surface area contributed by atoms with Crippen LogP contribution >= 0.6 is 11.3 Å². The first-order valence-electron chi connectivity index (χ1n) is 7.78. The highest BCUT2D eigenvalue weighted by Gasteiger charge is 2.17. The zero-order chi connectivity index (χ0) is 18.5. The molecule has 0 aliphatic carbocycles. The molecule has 9 heteroatoms. The van der Waals surface area contributed by atoms with Crippen LogP contribution in [0, 0.1) is 10.1 Å². The van der Waals surface area contributed by atoms with Gasteiger partial charge in [-0.1, -0.05) is 23.5 Å². The van der Waals surface area contributed by atoms with Gasteiger partial charge >= 0.3 is 0 Å². The Morgan fingerprint density at radius 2 is 2.08 bits per heavy atom. The van der Waals surface area contributed by atoms with Gasteiger partial charge < -0.3 is 15.4 Å². The lowest BCUT2D eigenvalue weighted by molar-refractivity contribution is -0.384. The Morgan fingerprint density at radius 1 is 1.27 bits per heavy atom. The molecule has 0 saturated carbocycles. The predicted octanol–water partition coefficient (Wildman–Crippen LogP) is 3.06. The number of rotatable bonds is 7. The Bertz CT molecular complexity index is 924. The summed E-state index contributed by atoms with van der Waals surface area (Å²) in [6.45, 7) is 0.809. The smallest absolute Gasteiger partial charge is 0.270 e. The van der Waals surface area contributed by atoms with Crippen molar-refractivity contribution in [2.45, 2.75) is 0 Å². The number of nitro groups is 1. The van der Waals surface area contributed by atoms with Crippen LogP contribution in [0.25, 0.3) is 10.2 Å². The molecule has 1 amide bonds. The number of amides is 1. The van der Waals surface area contributed by atoms with Crippen LogP contribution in [0.4, 0.5) is 10.8 Å². The molecule has 1 heterocycles. The van der Waals surface area contributed by atoms with Crippen molar-refractivity contribution in [1.29, 1.82) is 0 Å². The number of fused-ring (bicyclic) bond motifs is 1. The van der Waals surface area contributed by atoms with Crippen LogP contribution in [0.2, 0.25) is 0 Å². The van der Waals surface area contributed by atoms with E-state index in [1.807, 2.05) is 24.3 Å². The molecule has 0 bridgehead atoms. The second-order valence-electron chi connectivity index (χ2n) is 5.31. The van der Waals surface area contributed by atoms with Gasteiger partial charge in [-0.3, -0.25) is 14.9 Å². The summed E-state index contributed by atoms with van der Waals surface area (Å²) in [5.74, 6) is -0.149. The molecule has 134 valence electrons. The van der Waals surface area contributed by atoms with Crippen molar-refractivity contribution in [3.63, 3.8) is 0 Å². The number of thiazole rings is 1. The van der Waals surface area contributed by atoms with Gasteiger partial charge in [0, 0.05) is 25.2 Å². The number of nitrogens with one attached hydrogen (secondary N) is 2. The van der Waals surface area contributed by atoms with Crippen LogP contribution in [0.1, 0.15) is 10.4 Å². The number of hydrogen-bond donors (Lipinski definition) is 2. The van der Waals surface area contributed by atoms with Crippen LogP contribution < -0.4 is 15.4 Å². The molecule has 0 saturated heterocycles. The second kappa shape index (κ2) is 7.79. The largest absolute Gasteiger partial charge is 0.496 e. The standard InChI is InChI=1S/C17H16N4O4S/c1-25-14-7-6-11(21(23)24)10-12(14)16(22)18-8-9-19-17-20-13-4-2-3-5-15(13)26-17/h2-7,10H,8-9H2,1H3,(H,18,22)(H,19,20). The highest BCUT2D eigenvalue weighted by Crippen LogP contribution is 2.25. The van der Waals surface area contributed by atoms with E-state index in [1.165, 1.54) is 36.6 Å². The average molecular weight is 372 g/mol. The minimum Gasteiger partial charge on any atom is -0.496 e. The van der Waals surface area contributed by atoms with Crippen LogP contribution in [0.3, 0.4) is 0 Å². The highest BCUT2D eigenvalue weighted by atomic mass is 32.1. The molecule has 0 unspecified atom stereocenters. The number of aromatic nitrogens is 1. The van der Waals surface area contributed by atoms with Crippen LogP contribution in [-0.2, 0) is 0 Å². The van der Waals surface area contributed by atoms with Gasteiger partial charge in [-0.15, -0.1) is 0 Å². The quantitative estimate of drug-likeness (QED) is 0.375. The summed E-state index contributed by atoms with van der Waals surface area (Å²) >= 11 is 1.53. The number of para-hydroxylation sites is 1. The van der Waals surface area contributed by atoms with E-state index in [0.717, 1.165) is 15.3 Å². The van der Waals surface area contributed by atoms with Crippen LogP contribution in [-0.4, -0.2) is 36.0 Å². The molecule has 3 aromatic rings. The first-order chi connectivity index (χ1) is 12.6. The van der Waals surface area contributed by atoms with E-state index < -0.39 is 10.8 Å². The Hall–Kier alpha value is -3.20. The number of anilines is 1. The van der Waals surface area contributed by atoms with Gasteiger partial charge in [-0.05, 0) is 18.2 Å². The molecule has 26 heavy (non-hydrogen) atoms. The fourth-order valence-electron chi connectivity index (χ4n) is 2.38. The van der Waals surface area contributed by atoms with Gasteiger partial charge in [-0.25, -0.2) is 4.98 Å². The summed E-state index contributed by atoms with van der Waals surface area (Å²) in [7, 11) is 1.41. The second-order valence-corrected chi connectivity index (χ2v) is 6.34. The van der Waals surface area contributed by atoms with Crippen molar-refractivity contribution in [3.8, 4) is 5.75 Å². The number of non-ortho nitro benzene ring substituents is 1. The van der Waals surface area contributed by atoms with Crippen molar-refractivity contribution in [2.75, 3.05) is 25.5 Å².